The maximum Gasteiger partial charge on any atom is 0.338 e. The van der Waals surface area contributed by atoms with E-state index in [4.69, 9.17) is 4.74 Å². The number of rotatable bonds is 5. The summed E-state index contributed by atoms with van der Waals surface area (Å²) < 4.78 is 7.02. The Balaban J connectivity index is 1.45. The average molecular weight is 419 g/mol. The lowest BCUT2D eigenvalue weighted by molar-refractivity contribution is -0.123. The number of carbonyl (C=O) groups excluding carboxylic acids is 2. The molecule has 4 rings (SSSR count). The number of aryl methyl sites for hydroxylation is 1. The zero-order valence-corrected chi connectivity index (χ0v) is 17.8. The van der Waals surface area contributed by atoms with Crippen molar-refractivity contribution >= 4 is 28.5 Å². The van der Waals surface area contributed by atoms with Gasteiger partial charge >= 0.3 is 5.97 Å². The predicted octanol–water partition coefficient (Wildman–Crippen LogP) is 3.65. The molecule has 1 N–H and O–H groups in total. The van der Waals surface area contributed by atoms with Crippen LogP contribution in [0.3, 0.4) is 0 Å². The quantitative estimate of drug-likeness (QED) is 0.638. The second kappa shape index (κ2) is 8.34. The Kier molecular flexibility index (Phi) is 5.59. The summed E-state index contributed by atoms with van der Waals surface area (Å²) in [5, 5.41) is 3.23. The molecule has 0 radical (unpaired) electrons. The molecule has 2 heterocycles. The van der Waals surface area contributed by atoms with E-state index in [-0.39, 0.29) is 11.1 Å². The van der Waals surface area contributed by atoms with Gasteiger partial charge in [-0.05, 0) is 55.2 Å². The van der Waals surface area contributed by atoms with Gasteiger partial charge in [0.1, 0.15) is 5.82 Å². The molecule has 31 heavy (non-hydrogen) atoms. The van der Waals surface area contributed by atoms with Crippen molar-refractivity contribution in [3.05, 3.63) is 69.8 Å². The van der Waals surface area contributed by atoms with Gasteiger partial charge in [0.25, 0.3) is 11.5 Å². The average Bonchev–Trinajstić information content (AvgIpc) is 3.22. The number of ether oxygens (including phenoxy) is 1. The zero-order valence-electron chi connectivity index (χ0n) is 17.8. The van der Waals surface area contributed by atoms with Crippen molar-refractivity contribution in [1.29, 1.82) is 0 Å². The number of hydrogen-bond donors (Lipinski definition) is 1. The van der Waals surface area contributed by atoms with E-state index < -0.39 is 18.0 Å². The molecular weight excluding hydrogens is 394 g/mol. The molecule has 160 valence electrons. The van der Waals surface area contributed by atoms with Crippen LogP contribution < -0.4 is 10.9 Å². The fraction of sp³-hybridized carbons (Fsp3) is 0.333. The molecule has 7 heteroatoms. The topological polar surface area (TPSA) is 90.3 Å². The highest BCUT2D eigenvalue weighted by atomic mass is 16.5. The molecule has 1 amide bonds. The molecule has 0 spiro atoms. The van der Waals surface area contributed by atoms with Crippen molar-refractivity contribution < 1.29 is 14.3 Å². The fourth-order valence-corrected chi connectivity index (χ4v) is 3.69. The minimum absolute atomic E-state index is 0.0892. The Hall–Kier alpha value is -3.48. The Morgan fingerprint density at radius 1 is 1.10 bits per heavy atom. The second-order valence-electron chi connectivity index (χ2n) is 8.13. The minimum Gasteiger partial charge on any atom is -0.449 e. The highest BCUT2D eigenvalue weighted by molar-refractivity contribution is 5.98. The highest BCUT2D eigenvalue weighted by Crippen LogP contribution is 2.19. The van der Waals surface area contributed by atoms with Crippen LogP contribution >= 0.6 is 0 Å². The summed E-state index contributed by atoms with van der Waals surface area (Å²) in [6.07, 6.45) is 0.654. The monoisotopic (exact) mass is 419 g/mol. The van der Waals surface area contributed by atoms with Crippen LogP contribution in [-0.4, -0.2) is 27.5 Å². The summed E-state index contributed by atoms with van der Waals surface area (Å²) in [5.74, 6) is 0.0837. The van der Waals surface area contributed by atoms with Crippen LogP contribution in [-0.2, 0) is 22.5 Å². The third kappa shape index (κ3) is 4.21. The van der Waals surface area contributed by atoms with Crippen LogP contribution in [0.5, 0.6) is 0 Å². The van der Waals surface area contributed by atoms with E-state index >= 15 is 0 Å². The van der Waals surface area contributed by atoms with Crippen molar-refractivity contribution in [3.63, 3.8) is 0 Å². The van der Waals surface area contributed by atoms with Gasteiger partial charge in [-0.15, -0.1) is 0 Å². The second-order valence-corrected chi connectivity index (χ2v) is 8.13. The van der Waals surface area contributed by atoms with E-state index in [1.165, 1.54) is 18.6 Å². The van der Waals surface area contributed by atoms with Gasteiger partial charge in [0.05, 0.1) is 16.5 Å². The first-order valence-electron chi connectivity index (χ1n) is 10.5. The molecule has 0 fully saturated rings. The molecule has 2 aromatic carbocycles. The van der Waals surface area contributed by atoms with Crippen molar-refractivity contribution in [1.82, 2.24) is 9.55 Å². The first-order chi connectivity index (χ1) is 14.8. The predicted molar refractivity (Wildman–Crippen MR) is 118 cm³/mol. The largest absolute Gasteiger partial charge is 0.449 e. The standard InChI is InChI=1S/C24H25N3O4/c1-14(2)16-6-9-18(10-7-16)25-22(28)15(3)31-24(30)17-8-11-19-20(13-17)26-21-5-4-12-27(21)23(19)29/h6-11,13-15H,4-5,12H2,1-3H3,(H,25,28)/t15-/m0/s1. The van der Waals surface area contributed by atoms with Gasteiger partial charge in [0.15, 0.2) is 6.10 Å². The van der Waals surface area contributed by atoms with Gasteiger partial charge in [-0.3, -0.25) is 14.2 Å². The van der Waals surface area contributed by atoms with E-state index in [1.54, 1.807) is 16.7 Å². The van der Waals surface area contributed by atoms with Gasteiger partial charge in [0.2, 0.25) is 0 Å². The lowest BCUT2D eigenvalue weighted by Crippen LogP contribution is -2.30. The zero-order chi connectivity index (χ0) is 22.1. The Bertz CT molecular complexity index is 1210. The van der Waals surface area contributed by atoms with Crippen LogP contribution in [0.25, 0.3) is 10.9 Å². The summed E-state index contributed by atoms with van der Waals surface area (Å²) in [6, 6.07) is 12.2. The number of nitrogens with zero attached hydrogens (tertiary/aromatic N) is 2. The molecule has 0 aliphatic carbocycles. The summed E-state index contributed by atoms with van der Waals surface area (Å²) in [7, 11) is 0. The number of aromatic nitrogens is 2. The van der Waals surface area contributed by atoms with Gasteiger partial charge < -0.3 is 10.1 Å². The third-order valence-corrected chi connectivity index (χ3v) is 5.55. The lowest BCUT2D eigenvalue weighted by Gasteiger charge is -2.14. The molecule has 0 saturated carbocycles. The molecular formula is C24H25N3O4. The molecule has 7 nitrogen and oxygen atoms in total. The number of benzene rings is 2. The van der Waals surface area contributed by atoms with E-state index in [0.29, 0.717) is 29.1 Å². The van der Waals surface area contributed by atoms with E-state index in [2.05, 4.69) is 24.1 Å². The fourth-order valence-electron chi connectivity index (χ4n) is 3.69. The maximum atomic E-state index is 12.6. The number of hydrogen-bond acceptors (Lipinski definition) is 5. The molecule has 1 aliphatic heterocycles. The SMILES string of the molecule is CC(C)c1ccc(NC(=O)[C@H](C)OC(=O)c2ccc3c(=O)n4c(nc3c2)CCC4)cc1. The molecule has 1 atom stereocenters. The van der Waals surface area contributed by atoms with Gasteiger partial charge in [0, 0.05) is 18.7 Å². The number of amides is 1. The Morgan fingerprint density at radius 3 is 2.55 bits per heavy atom. The number of nitrogens with one attached hydrogen (secondary N) is 1. The number of fused-ring (bicyclic) bond motifs is 2. The summed E-state index contributed by atoms with van der Waals surface area (Å²) >= 11 is 0. The molecule has 3 aromatic rings. The van der Waals surface area contributed by atoms with Gasteiger partial charge in [-0.25, -0.2) is 9.78 Å². The summed E-state index contributed by atoms with van der Waals surface area (Å²) in [6.45, 7) is 6.39. The summed E-state index contributed by atoms with van der Waals surface area (Å²) in [4.78, 5) is 42.1. The molecule has 1 aliphatic rings. The van der Waals surface area contributed by atoms with Gasteiger partial charge in [-0.1, -0.05) is 26.0 Å². The van der Waals surface area contributed by atoms with Crippen LogP contribution in [0.15, 0.2) is 47.3 Å². The normalized spacial score (nSPS) is 13.8. The van der Waals surface area contributed by atoms with Crippen molar-refractivity contribution in [2.75, 3.05) is 5.32 Å². The molecule has 0 unspecified atom stereocenters. The highest BCUT2D eigenvalue weighted by Gasteiger charge is 2.21. The van der Waals surface area contributed by atoms with Crippen molar-refractivity contribution in [2.24, 2.45) is 0 Å². The first-order valence-corrected chi connectivity index (χ1v) is 10.5. The molecule has 1 aromatic heterocycles. The van der Waals surface area contributed by atoms with Crippen LogP contribution in [0.4, 0.5) is 5.69 Å². The minimum atomic E-state index is -0.980. The van der Waals surface area contributed by atoms with Crippen molar-refractivity contribution in [3.8, 4) is 0 Å². The lowest BCUT2D eigenvalue weighted by atomic mass is 10.0. The van der Waals surface area contributed by atoms with E-state index in [0.717, 1.165) is 18.7 Å². The third-order valence-electron chi connectivity index (χ3n) is 5.55. The van der Waals surface area contributed by atoms with Crippen LogP contribution in [0.1, 0.15) is 54.9 Å². The molecule has 0 saturated heterocycles. The van der Waals surface area contributed by atoms with Crippen molar-refractivity contribution in [2.45, 2.75) is 52.2 Å². The Labute approximate surface area is 180 Å². The summed E-state index contributed by atoms with van der Waals surface area (Å²) in [5.41, 5.74) is 2.45. The van der Waals surface area contributed by atoms with Gasteiger partial charge in [-0.2, -0.15) is 0 Å². The molecule has 0 bridgehead atoms. The number of anilines is 1. The van der Waals surface area contributed by atoms with E-state index in [9.17, 15) is 14.4 Å². The van der Waals surface area contributed by atoms with Crippen LogP contribution in [0.2, 0.25) is 0 Å². The van der Waals surface area contributed by atoms with Crippen LogP contribution in [0, 0.1) is 0 Å². The smallest absolute Gasteiger partial charge is 0.338 e. The first kappa shape index (κ1) is 20.8. The number of esters is 1. The maximum absolute atomic E-state index is 12.6. The Morgan fingerprint density at radius 2 is 1.84 bits per heavy atom. The van der Waals surface area contributed by atoms with E-state index in [1.807, 2.05) is 24.3 Å². The number of carbonyl (C=O) groups is 2.